The smallest absolute Gasteiger partial charge is 0.257 e. The number of benzene rings is 1. The summed E-state index contributed by atoms with van der Waals surface area (Å²) in [7, 11) is 0. The van der Waals surface area contributed by atoms with Crippen LogP contribution in [0, 0.1) is 0 Å². The lowest BCUT2D eigenvalue weighted by Gasteiger charge is -2.16. The second-order valence-electron chi connectivity index (χ2n) is 6.03. The number of amides is 2. The van der Waals surface area contributed by atoms with Crippen LogP contribution in [-0.4, -0.2) is 44.1 Å². The van der Waals surface area contributed by atoms with Crippen molar-refractivity contribution < 1.29 is 14.3 Å². The maximum atomic E-state index is 11.8. The summed E-state index contributed by atoms with van der Waals surface area (Å²) in [6.07, 6.45) is 3.81. The van der Waals surface area contributed by atoms with Gasteiger partial charge in [-0.1, -0.05) is 0 Å². The molecule has 2 N–H and O–H groups in total. The van der Waals surface area contributed by atoms with Crippen molar-refractivity contribution >= 4 is 17.5 Å². The van der Waals surface area contributed by atoms with Gasteiger partial charge < -0.3 is 20.3 Å². The van der Waals surface area contributed by atoms with Crippen LogP contribution in [0.4, 0.5) is 5.69 Å². The summed E-state index contributed by atoms with van der Waals surface area (Å²) >= 11 is 0. The Morgan fingerprint density at radius 2 is 2.13 bits per heavy atom. The van der Waals surface area contributed by atoms with Crippen molar-refractivity contribution in [1.82, 2.24) is 10.6 Å². The van der Waals surface area contributed by atoms with E-state index in [0.717, 1.165) is 31.6 Å². The van der Waals surface area contributed by atoms with Crippen molar-refractivity contribution in [3.8, 4) is 5.75 Å². The monoisotopic (exact) mass is 317 g/mol. The number of nitrogens with one attached hydrogen (secondary N) is 2. The Hall–Kier alpha value is -2.08. The maximum absolute atomic E-state index is 11.8. The van der Waals surface area contributed by atoms with Crippen molar-refractivity contribution in [3.63, 3.8) is 0 Å². The lowest BCUT2D eigenvalue weighted by Crippen LogP contribution is -2.39. The van der Waals surface area contributed by atoms with Gasteiger partial charge >= 0.3 is 0 Å². The first kappa shape index (κ1) is 15.8. The van der Waals surface area contributed by atoms with Crippen molar-refractivity contribution in [3.05, 3.63) is 24.3 Å². The van der Waals surface area contributed by atoms with E-state index >= 15 is 0 Å². The summed E-state index contributed by atoms with van der Waals surface area (Å²) in [5.41, 5.74) is 0.886. The Bertz CT molecular complexity index is 553. The average molecular weight is 317 g/mol. The van der Waals surface area contributed by atoms with Crippen LogP contribution in [0.5, 0.6) is 5.75 Å². The van der Waals surface area contributed by atoms with Gasteiger partial charge in [0.05, 0.1) is 0 Å². The van der Waals surface area contributed by atoms with E-state index in [2.05, 4.69) is 10.6 Å². The van der Waals surface area contributed by atoms with Crippen LogP contribution in [0.3, 0.4) is 0 Å². The van der Waals surface area contributed by atoms with Gasteiger partial charge in [0.1, 0.15) is 5.75 Å². The van der Waals surface area contributed by atoms with Gasteiger partial charge in [-0.15, -0.1) is 0 Å². The highest BCUT2D eigenvalue weighted by Gasteiger charge is 2.21. The van der Waals surface area contributed by atoms with Crippen LogP contribution in [0.15, 0.2) is 24.3 Å². The van der Waals surface area contributed by atoms with Gasteiger partial charge in [-0.25, -0.2) is 0 Å². The molecule has 6 nitrogen and oxygen atoms in total. The van der Waals surface area contributed by atoms with E-state index in [1.165, 1.54) is 6.42 Å². The van der Waals surface area contributed by atoms with Crippen LogP contribution in [0.25, 0.3) is 0 Å². The molecule has 0 aromatic heterocycles. The number of carbonyl (C=O) groups is 2. The van der Waals surface area contributed by atoms with Crippen molar-refractivity contribution in [2.45, 2.75) is 31.7 Å². The standard InChI is InChI=1S/C17H23N3O3/c21-16(19-11-13-3-1-9-18-13)12-23-15-7-5-14(6-8-15)20-10-2-4-17(20)22/h5-8,13,18H,1-4,9-12H2,(H,19,21). The van der Waals surface area contributed by atoms with Crippen LogP contribution in [0.2, 0.25) is 0 Å². The minimum Gasteiger partial charge on any atom is -0.484 e. The Labute approximate surface area is 136 Å². The molecule has 2 saturated heterocycles. The van der Waals surface area contributed by atoms with Crippen molar-refractivity contribution in [1.29, 1.82) is 0 Å². The number of anilines is 1. The highest BCUT2D eigenvalue weighted by atomic mass is 16.5. The van der Waals surface area contributed by atoms with Crippen molar-refractivity contribution in [2.24, 2.45) is 0 Å². The molecule has 124 valence electrons. The molecule has 2 fully saturated rings. The SMILES string of the molecule is O=C(COc1ccc(N2CCCC2=O)cc1)NCC1CCCN1. The predicted molar refractivity (Wildman–Crippen MR) is 87.6 cm³/mol. The zero-order valence-corrected chi connectivity index (χ0v) is 13.2. The minimum absolute atomic E-state index is 0.00864. The molecule has 6 heteroatoms. The molecule has 2 aliphatic rings. The molecule has 0 saturated carbocycles. The second kappa shape index (κ2) is 7.46. The molecule has 3 rings (SSSR count). The van der Waals surface area contributed by atoms with Crippen LogP contribution in [-0.2, 0) is 9.59 Å². The van der Waals surface area contributed by atoms with Gasteiger partial charge in [-0.05, 0) is 50.1 Å². The number of hydrogen-bond donors (Lipinski definition) is 2. The van der Waals surface area contributed by atoms with E-state index in [4.69, 9.17) is 4.74 Å². The third-order valence-electron chi connectivity index (χ3n) is 4.30. The summed E-state index contributed by atoms with van der Waals surface area (Å²) in [4.78, 5) is 25.3. The molecule has 0 spiro atoms. The summed E-state index contributed by atoms with van der Waals surface area (Å²) in [6, 6.07) is 7.70. The van der Waals surface area contributed by atoms with E-state index in [-0.39, 0.29) is 18.4 Å². The highest BCUT2D eigenvalue weighted by molar-refractivity contribution is 5.95. The maximum Gasteiger partial charge on any atom is 0.257 e. The van der Waals surface area contributed by atoms with Crippen molar-refractivity contribution in [2.75, 3.05) is 31.1 Å². The zero-order valence-electron chi connectivity index (χ0n) is 13.2. The summed E-state index contributed by atoms with van der Waals surface area (Å²) in [5, 5.41) is 6.21. The number of rotatable bonds is 6. The van der Waals surface area contributed by atoms with Crippen LogP contribution >= 0.6 is 0 Å². The minimum atomic E-state index is -0.113. The normalized spacial score (nSPS) is 20.8. The number of carbonyl (C=O) groups excluding carboxylic acids is 2. The number of nitrogens with zero attached hydrogens (tertiary/aromatic N) is 1. The number of hydrogen-bond acceptors (Lipinski definition) is 4. The molecule has 0 bridgehead atoms. The predicted octanol–water partition coefficient (Wildman–Crippen LogP) is 1.06. The van der Waals surface area contributed by atoms with E-state index in [0.29, 0.717) is 24.8 Å². The molecule has 2 aliphatic heterocycles. The number of ether oxygens (including phenoxy) is 1. The second-order valence-corrected chi connectivity index (χ2v) is 6.03. The Morgan fingerprint density at radius 1 is 1.30 bits per heavy atom. The Kier molecular flexibility index (Phi) is 5.12. The first-order chi connectivity index (χ1) is 11.2. The topological polar surface area (TPSA) is 70.7 Å². The lowest BCUT2D eigenvalue weighted by atomic mass is 10.2. The van der Waals surface area contributed by atoms with Gasteiger partial charge in [0, 0.05) is 31.2 Å². The summed E-state index contributed by atoms with van der Waals surface area (Å²) in [6.45, 7) is 2.46. The molecule has 1 aromatic rings. The molecule has 23 heavy (non-hydrogen) atoms. The molecule has 1 atom stereocenters. The molecule has 2 heterocycles. The first-order valence-corrected chi connectivity index (χ1v) is 8.26. The van der Waals surface area contributed by atoms with Gasteiger partial charge in [0.25, 0.3) is 5.91 Å². The van der Waals surface area contributed by atoms with E-state index in [1.807, 2.05) is 12.1 Å². The third kappa shape index (κ3) is 4.22. The van der Waals surface area contributed by atoms with Gasteiger partial charge in [-0.3, -0.25) is 9.59 Å². The summed E-state index contributed by atoms with van der Waals surface area (Å²) in [5.74, 6) is 0.686. The Morgan fingerprint density at radius 3 is 2.78 bits per heavy atom. The lowest BCUT2D eigenvalue weighted by molar-refractivity contribution is -0.123. The molecule has 0 aliphatic carbocycles. The molecule has 0 radical (unpaired) electrons. The van der Waals surface area contributed by atoms with Gasteiger partial charge in [-0.2, -0.15) is 0 Å². The van der Waals surface area contributed by atoms with Gasteiger partial charge in [0.2, 0.25) is 5.91 Å². The average Bonchev–Trinajstić information content (AvgIpc) is 3.23. The molecular formula is C17H23N3O3. The molecule has 1 aromatic carbocycles. The Balaban J connectivity index is 1.42. The third-order valence-corrected chi connectivity index (χ3v) is 4.30. The van der Waals surface area contributed by atoms with Crippen LogP contribution < -0.4 is 20.3 Å². The molecule has 1 unspecified atom stereocenters. The van der Waals surface area contributed by atoms with Gasteiger partial charge in [0.15, 0.2) is 6.61 Å². The van der Waals surface area contributed by atoms with E-state index in [9.17, 15) is 9.59 Å². The molecular weight excluding hydrogens is 294 g/mol. The largest absolute Gasteiger partial charge is 0.484 e. The fourth-order valence-corrected chi connectivity index (χ4v) is 3.01. The molecule has 2 amide bonds. The first-order valence-electron chi connectivity index (χ1n) is 8.26. The van der Waals surface area contributed by atoms with Crippen LogP contribution in [0.1, 0.15) is 25.7 Å². The highest BCUT2D eigenvalue weighted by Crippen LogP contribution is 2.23. The van der Waals surface area contributed by atoms with E-state index < -0.39 is 0 Å². The quantitative estimate of drug-likeness (QED) is 0.823. The zero-order chi connectivity index (χ0) is 16.1. The fraction of sp³-hybridized carbons (Fsp3) is 0.529. The fourth-order valence-electron chi connectivity index (χ4n) is 3.01. The summed E-state index contributed by atoms with van der Waals surface area (Å²) < 4.78 is 5.49. The van der Waals surface area contributed by atoms with E-state index in [1.54, 1.807) is 17.0 Å².